The standard InChI is InChI=1S/C26H28N2O/c1-18(2)20-15-14-19(3)24(16-20)27-28-25(29)23-17-26(23,21-10-6-4-7-11-21)22-12-8-5-9-13-22/h4-14,20,23H,1,15-17H2,2-3H3,(H,28,29)/b27-24-/t20-,23+/m1/s1. The summed E-state index contributed by atoms with van der Waals surface area (Å²) in [4.78, 5) is 13.1. The van der Waals surface area contributed by atoms with Gasteiger partial charge in [0.05, 0.1) is 11.6 Å². The Bertz CT molecular complexity index is 933. The minimum absolute atomic E-state index is 0.00421. The van der Waals surface area contributed by atoms with Gasteiger partial charge in [0.2, 0.25) is 5.91 Å². The molecule has 2 aliphatic rings. The fourth-order valence-corrected chi connectivity index (χ4v) is 4.48. The maximum Gasteiger partial charge on any atom is 0.244 e. The van der Waals surface area contributed by atoms with Crippen molar-refractivity contribution in [2.24, 2.45) is 16.9 Å². The van der Waals surface area contributed by atoms with Gasteiger partial charge in [0.1, 0.15) is 0 Å². The van der Waals surface area contributed by atoms with E-state index in [0.717, 1.165) is 30.5 Å². The fourth-order valence-electron chi connectivity index (χ4n) is 4.48. The van der Waals surface area contributed by atoms with Crippen molar-refractivity contribution in [3.05, 3.63) is 95.6 Å². The SMILES string of the molecule is C=C(C)[C@@H]1CC=C(C)/C(=N\NC(=O)[C@@H]2CC2(c2ccccc2)c2ccccc2)C1. The lowest BCUT2D eigenvalue weighted by molar-refractivity contribution is -0.122. The topological polar surface area (TPSA) is 41.5 Å². The molecule has 1 amide bonds. The van der Waals surface area contributed by atoms with Gasteiger partial charge in [-0.15, -0.1) is 0 Å². The van der Waals surface area contributed by atoms with E-state index in [4.69, 9.17) is 0 Å². The highest BCUT2D eigenvalue weighted by molar-refractivity contribution is 6.01. The third-order valence-electron chi connectivity index (χ3n) is 6.46. The van der Waals surface area contributed by atoms with Gasteiger partial charge < -0.3 is 0 Å². The van der Waals surface area contributed by atoms with Gasteiger partial charge in [-0.1, -0.05) is 78.9 Å². The summed E-state index contributed by atoms with van der Waals surface area (Å²) in [6.45, 7) is 8.21. The molecule has 0 unspecified atom stereocenters. The summed E-state index contributed by atoms with van der Waals surface area (Å²) >= 11 is 0. The van der Waals surface area contributed by atoms with E-state index in [1.54, 1.807) is 0 Å². The van der Waals surface area contributed by atoms with Crippen molar-refractivity contribution in [3.8, 4) is 0 Å². The number of nitrogens with one attached hydrogen (secondary N) is 1. The summed E-state index contributed by atoms with van der Waals surface area (Å²) in [5.74, 6) is 0.292. The molecule has 29 heavy (non-hydrogen) atoms. The molecule has 3 heteroatoms. The third-order valence-corrected chi connectivity index (χ3v) is 6.46. The molecule has 0 aliphatic heterocycles. The summed E-state index contributed by atoms with van der Waals surface area (Å²) in [7, 11) is 0. The molecule has 0 saturated heterocycles. The second-order valence-corrected chi connectivity index (χ2v) is 8.36. The number of rotatable bonds is 5. The van der Waals surface area contributed by atoms with E-state index >= 15 is 0 Å². The first-order valence-electron chi connectivity index (χ1n) is 10.3. The van der Waals surface area contributed by atoms with Crippen molar-refractivity contribution in [3.63, 3.8) is 0 Å². The van der Waals surface area contributed by atoms with Gasteiger partial charge in [-0.05, 0) is 55.7 Å². The maximum atomic E-state index is 13.1. The summed E-state index contributed by atoms with van der Waals surface area (Å²) in [5.41, 5.74) is 8.28. The number of nitrogens with zero attached hydrogens (tertiary/aromatic N) is 1. The van der Waals surface area contributed by atoms with Gasteiger partial charge in [-0.3, -0.25) is 4.79 Å². The molecule has 0 spiro atoms. The molecule has 148 valence electrons. The Hall–Kier alpha value is -2.94. The second-order valence-electron chi connectivity index (χ2n) is 8.36. The molecule has 1 N–H and O–H groups in total. The average molecular weight is 385 g/mol. The van der Waals surface area contributed by atoms with Crippen LogP contribution in [0.1, 0.15) is 44.2 Å². The first-order valence-corrected chi connectivity index (χ1v) is 10.3. The van der Waals surface area contributed by atoms with Gasteiger partial charge in [-0.25, -0.2) is 5.43 Å². The van der Waals surface area contributed by atoms with E-state index in [1.165, 1.54) is 16.7 Å². The molecule has 0 heterocycles. The highest BCUT2D eigenvalue weighted by Crippen LogP contribution is 2.58. The molecule has 4 rings (SSSR count). The van der Waals surface area contributed by atoms with Crippen LogP contribution in [-0.4, -0.2) is 11.6 Å². The number of allylic oxidation sites excluding steroid dienone is 3. The minimum atomic E-state index is -0.259. The number of benzene rings is 2. The fraction of sp³-hybridized carbons (Fsp3) is 0.308. The lowest BCUT2D eigenvalue weighted by atomic mass is 9.85. The van der Waals surface area contributed by atoms with Gasteiger partial charge in [-0.2, -0.15) is 5.10 Å². The molecular weight excluding hydrogens is 356 g/mol. The number of amides is 1. The van der Waals surface area contributed by atoms with Crippen LogP contribution in [0.5, 0.6) is 0 Å². The van der Waals surface area contributed by atoms with E-state index in [9.17, 15) is 4.79 Å². The normalized spacial score (nSPS) is 23.9. The van der Waals surface area contributed by atoms with E-state index in [0.29, 0.717) is 5.92 Å². The lowest BCUT2D eigenvalue weighted by Gasteiger charge is -2.22. The summed E-state index contributed by atoms with van der Waals surface area (Å²) in [6.07, 6.45) is 4.84. The molecule has 2 aromatic rings. The summed E-state index contributed by atoms with van der Waals surface area (Å²) in [5, 5.41) is 4.52. The van der Waals surface area contributed by atoms with Crippen LogP contribution in [0.4, 0.5) is 0 Å². The molecule has 0 aromatic heterocycles. The van der Waals surface area contributed by atoms with Crippen LogP contribution in [0.2, 0.25) is 0 Å². The smallest absolute Gasteiger partial charge is 0.244 e. The molecule has 2 aromatic carbocycles. The lowest BCUT2D eigenvalue weighted by Crippen LogP contribution is -2.27. The van der Waals surface area contributed by atoms with Gasteiger partial charge in [0, 0.05) is 5.41 Å². The van der Waals surface area contributed by atoms with Crippen molar-refractivity contribution in [2.75, 3.05) is 0 Å². The first kappa shape index (κ1) is 19.4. The maximum absolute atomic E-state index is 13.1. The summed E-state index contributed by atoms with van der Waals surface area (Å²) < 4.78 is 0. The second kappa shape index (κ2) is 7.82. The molecule has 0 radical (unpaired) electrons. The van der Waals surface area contributed by atoms with E-state index in [-0.39, 0.29) is 17.2 Å². The molecule has 1 saturated carbocycles. The van der Waals surface area contributed by atoms with Crippen molar-refractivity contribution in [2.45, 2.75) is 38.5 Å². The van der Waals surface area contributed by atoms with E-state index in [2.05, 4.69) is 61.3 Å². The number of hydrogen-bond acceptors (Lipinski definition) is 2. The van der Waals surface area contributed by atoms with Crippen molar-refractivity contribution < 1.29 is 4.79 Å². The van der Waals surface area contributed by atoms with E-state index in [1.807, 2.05) is 36.4 Å². The van der Waals surface area contributed by atoms with Crippen LogP contribution in [0.25, 0.3) is 0 Å². The predicted molar refractivity (Wildman–Crippen MR) is 119 cm³/mol. The Morgan fingerprint density at radius 2 is 1.66 bits per heavy atom. The monoisotopic (exact) mass is 384 g/mol. The van der Waals surface area contributed by atoms with E-state index < -0.39 is 0 Å². The zero-order valence-electron chi connectivity index (χ0n) is 17.2. The average Bonchev–Trinajstić information content (AvgIpc) is 3.51. The zero-order valence-corrected chi connectivity index (χ0v) is 17.2. The Morgan fingerprint density at radius 3 is 2.21 bits per heavy atom. The van der Waals surface area contributed by atoms with Crippen LogP contribution >= 0.6 is 0 Å². The van der Waals surface area contributed by atoms with Crippen LogP contribution < -0.4 is 5.43 Å². The van der Waals surface area contributed by atoms with Crippen LogP contribution in [0, 0.1) is 11.8 Å². The van der Waals surface area contributed by atoms with Crippen molar-refractivity contribution in [1.82, 2.24) is 5.43 Å². The Labute approximate surface area is 173 Å². The predicted octanol–water partition coefficient (Wildman–Crippen LogP) is 5.40. The molecule has 3 nitrogen and oxygen atoms in total. The quantitative estimate of drug-likeness (QED) is 0.544. The van der Waals surface area contributed by atoms with Crippen molar-refractivity contribution >= 4 is 11.6 Å². The Balaban J connectivity index is 1.56. The minimum Gasteiger partial charge on any atom is -0.273 e. The first-order chi connectivity index (χ1) is 14.0. The molecule has 2 atom stereocenters. The zero-order chi connectivity index (χ0) is 20.4. The van der Waals surface area contributed by atoms with Gasteiger partial charge >= 0.3 is 0 Å². The number of carbonyl (C=O) groups excluding carboxylic acids is 1. The van der Waals surface area contributed by atoms with Crippen molar-refractivity contribution in [1.29, 1.82) is 0 Å². The molecule has 0 bridgehead atoms. The molecule has 1 fully saturated rings. The highest BCUT2D eigenvalue weighted by atomic mass is 16.2. The van der Waals surface area contributed by atoms with Crippen LogP contribution in [0.15, 0.2) is 89.6 Å². The van der Waals surface area contributed by atoms with Gasteiger partial charge in [0.15, 0.2) is 0 Å². The number of carbonyl (C=O) groups is 1. The molecular formula is C26H28N2O. The highest BCUT2D eigenvalue weighted by Gasteiger charge is 2.60. The third kappa shape index (κ3) is 3.69. The van der Waals surface area contributed by atoms with Crippen LogP contribution in [0.3, 0.4) is 0 Å². The van der Waals surface area contributed by atoms with Crippen LogP contribution in [-0.2, 0) is 10.2 Å². The largest absolute Gasteiger partial charge is 0.273 e. The molecule has 2 aliphatic carbocycles. The Morgan fingerprint density at radius 1 is 1.07 bits per heavy atom. The Kier molecular flexibility index (Phi) is 5.23. The number of hydrogen-bond donors (Lipinski definition) is 1. The summed E-state index contributed by atoms with van der Waals surface area (Å²) in [6, 6.07) is 20.7. The van der Waals surface area contributed by atoms with Gasteiger partial charge in [0.25, 0.3) is 0 Å². The number of hydrazone groups is 1.